The summed E-state index contributed by atoms with van der Waals surface area (Å²) in [5.74, 6) is 0.800. The molecule has 0 aliphatic carbocycles. The molecular weight excluding hydrogens is 136 g/mol. The van der Waals surface area contributed by atoms with E-state index < -0.39 is 0 Å². The summed E-state index contributed by atoms with van der Waals surface area (Å²) in [7, 11) is 0. The smallest absolute Gasteiger partial charge is 0.123 e. The predicted molar refractivity (Wildman–Crippen MR) is 48.5 cm³/mol. The molecule has 64 valence electrons. The van der Waals surface area contributed by atoms with E-state index >= 15 is 0 Å². The Hall–Kier alpha value is -0.590. The lowest BCUT2D eigenvalue weighted by atomic mass is 10.1. The van der Waals surface area contributed by atoms with Crippen LogP contribution in [0.15, 0.2) is 12.2 Å². The van der Waals surface area contributed by atoms with Crippen LogP contribution in [0.1, 0.15) is 39.5 Å². The van der Waals surface area contributed by atoms with Crippen molar-refractivity contribution in [3.05, 3.63) is 12.2 Å². The fourth-order valence-corrected chi connectivity index (χ4v) is 0.914. The number of carbonyl (C=O) groups excluding carboxylic acids is 1. The number of rotatable bonds is 6. The van der Waals surface area contributed by atoms with Crippen molar-refractivity contribution in [1.82, 2.24) is 0 Å². The fraction of sp³-hybridized carbons (Fsp3) is 0.700. The van der Waals surface area contributed by atoms with Gasteiger partial charge in [-0.05, 0) is 18.8 Å². The van der Waals surface area contributed by atoms with Crippen LogP contribution in [-0.2, 0) is 4.79 Å². The first-order chi connectivity index (χ1) is 5.27. The van der Waals surface area contributed by atoms with Gasteiger partial charge in [0.25, 0.3) is 0 Å². The lowest BCUT2D eigenvalue weighted by molar-refractivity contribution is -0.107. The molecule has 0 spiro atoms. The molecule has 0 fully saturated rings. The average molecular weight is 154 g/mol. The maximum Gasteiger partial charge on any atom is 0.123 e. The number of unbranched alkanes of at least 4 members (excludes halogenated alkanes) is 1. The van der Waals surface area contributed by atoms with Gasteiger partial charge in [0.1, 0.15) is 6.29 Å². The Morgan fingerprint density at radius 3 is 2.55 bits per heavy atom. The molecular formula is C10H18O. The van der Waals surface area contributed by atoms with Crippen molar-refractivity contribution in [2.24, 2.45) is 5.92 Å². The SMILES string of the molecule is CC(C)CCCC=CCC=O. The molecule has 0 N–H and O–H groups in total. The number of hydrogen-bond donors (Lipinski definition) is 0. The van der Waals surface area contributed by atoms with Gasteiger partial charge in [-0.1, -0.05) is 32.4 Å². The molecule has 0 radical (unpaired) electrons. The van der Waals surface area contributed by atoms with Crippen molar-refractivity contribution in [3.63, 3.8) is 0 Å². The third-order valence-corrected chi connectivity index (χ3v) is 1.55. The summed E-state index contributed by atoms with van der Waals surface area (Å²) >= 11 is 0. The maximum absolute atomic E-state index is 9.89. The highest BCUT2D eigenvalue weighted by atomic mass is 16.1. The topological polar surface area (TPSA) is 17.1 Å². The summed E-state index contributed by atoms with van der Waals surface area (Å²) in [6.07, 6.45) is 9.18. The summed E-state index contributed by atoms with van der Waals surface area (Å²) in [6, 6.07) is 0. The summed E-state index contributed by atoms with van der Waals surface area (Å²) in [4.78, 5) is 9.89. The molecule has 0 unspecified atom stereocenters. The van der Waals surface area contributed by atoms with Crippen molar-refractivity contribution in [3.8, 4) is 0 Å². The van der Waals surface area contributed by atoms with E-state index in [4.69, 9.17) is 0 Å². The zero-order valence-electron chi connectivity index (χ0n) is 7.55. The molecule has 1 nitrogen and oxygen atoms in total. The number of hydrogen-bond acceptors (Lipinski definition) is 1. The molecule has 11 heavy (non-hydrogen) atoms. The number of aldehydes is 1. The van der Waals surface area contributed by atoms with Gasteiger partial charge in [0.15, 0.2) is 0 Å². The molecule has 0 aromatic carbocycles. The quantitative estimate of drug-likeness (QED) is 0.326. The van der Waals surface area contributed by atoms with Crippen molar-refractivity contribution in [2.75, 3.05) is 0 Å². The fourth-order valence-electron chi connectivity index (χ4n) is 0.914. The molecule has 0 saturated carbocycles. The third kappa shape index (κ3) is 9.41. The van der Waals surface area contributed by atoms with Crippen LogP contribution < -0.4 is 0 Å². The third-order valence-electron chi connectivity index (χ3n) is 1.55. The van der Waals surface area contributed by atoms with E-state index in [-0.39, 0.29) is 0 Å². The first-order valence-corrected chi connectivity index (χ1v) is 4.36. The van der Waals surface area contributed by atoms with Crippen LogP contribution in [0.25, 0.3) is 0 Å². The molecule has 0 atom stereocenters. The Balaban J connectivity index is 3.07. The Kier molecular flexibility index (Phi) is 7.11. The standard InChI is InChI=1S/C10H18O/c1-10(2)8-6-4-3-5-7-9-11/h3,5,9-10H,4,6-8H2,1-2H3. The first kappa shape index (κ1) is 10.4. The Bertz CT molecular complexity index is 114. The molecule has 0 aliphatic heterocycles. The van der Waals surface area contributed by atoms with Gasteiger partial charge in [0.05, 0.1) is 0 Å². The van der Waals surface area contributed by atoms with E-state index in [1.165, 1.54) is 12.8 Å². The van der Waals surface area contributed by atoms with Crippen molar-refractivity contribution < 1.29 is 4.79 Å². The van der Waals surface area contributed by atoms with E-state index in [9.17, 15) is 4.79 Å². The van der Waals surface area contributed by atoms with Gasteiger partial charge < -0.3 is 4.79 Å². The van der Waals surface area contributed by atoms with Gasteiger partial charge >= 0.3 is 0 Å². The van der Waals surface area contributed by atoms with E-state index in [0.717, 1.165) is 18.6 Å². The predicted octanol–water partition coefficient (Wildman–Crippen LogP) is 2.96. The number of carbonyl (C=O) groups is 1. The summed E-state index contributed by atoms with van der Waals surface area (Å²) in [5.41, 5.74) is 0. The Morgan fingerprint density at radius 1 is 1.27 bits per heavy atom. The molecule has 0 bridgehead atoms. The minimum Gasteiger partial charge on any atom is -0.303 e. The molecule has 0 rings (SSSR count). The molecule has 0 saturated heterocycles. The minimum atomic E-state index is 0.571. The van der Waals surface area contributed by atoms with Crippen LogP contribution in [0.3, 0.4) is 0 Å². The number of allylic oxidation sites excluding steroid dienone is 2. The zero-order chi connectivity index (χ0) is 8.53. The highest BCUT2D eigenvalue weighted by Crippen LogP contribution is 2.06. The van der Waals surface area contributed by atoms with Crippen molar-refractivity contribution in [2.45, 2.75) is 39.5 Å². The monoisotopic (exact) mass is 154 g/mol. The summed E-state index contributed by atoms with van der Waals surface area (Å²) in [5, 5.41) is 0. The van der Waals surface area contributed by atoms with Crippen LogP contribution in [0.2, 0.25) is 0 Å². The molecule has 1 heteroatoms. The van der Waals surface area contributed by atoms with Gasteiger partial charge in [0, 0.05) is 6.42 Å². The lowest BCUT2D eigenvalue weighted by Crippen LogP contribution is -1.84. The van der Waals surface area contributed by atoms with Gasteiger partial charge in [-0.3, -0.25) is 0 Å². The second kappa shape index (κ2) is 7.52. The largest absolute Gasteiger partial charge is 0.303 e. The highest BCUT2D eigenvalue weighted by molar-refractivity contribution is 5.51. The van der Waals surface area contributed by atoms with Crippen LogP contribution >= 0.6 is 0 Å². The summed E-state index contributed by atoms with van der Waals surface area (Å²) in [6.45, 7) is 4.46. The van der Waals surface area contributed by atoms with Crippen LogP contribution in [0, 0.1) is 5.92 Å². The van der Waals surface area contributed by atoms with Crippen LogP contribution in [-0.4, -0.2) is 6.29 Å². The maximum atomic E-state index is 9.89. The van der Waals surface area contributed by atoms with E-state index in [0.29, 0.717) is 6.42 Å². The minimum absolute atomic E-state index is 0.571. The first-order valence-electron chi connectivity index (χ1n) is 4.36. The Labute approximate surface area is 69.5 Å². The normalized spacial score (nSPS) is 11.2. The van der Waals surface area contributed by atoms with Crippen molar-refractivity contribution >= 4 is 6.29 Å². The zero-order valence-corrected chi connectivity index (χ0v) is 7.55. The van der Waals surface area contributed by atoms with Crippen LogP contribution in [0.5, 0.6) is 0 Å². The van der Waals surface area contributed by atoms with Gasteiger partial charge in [-0.25, -0.2) is 0 Å². The molecule has 0 aromatic heterocycles. The van der Waals surface area contributed by atoms with Gasteiger partial charge in [-0.2, -0.15) is 0 Å². The Morgan fingerprint density at radius 2 is 2.00 bits per heavy atom. The van der Waals surface area contributed by atoms with E-state index in [1.54, 1.807) is 0 Å². The lowest BCUT2D eigenvalue weighted by Gasteiger charge is -1.99. The van der Waals surface area contributed by atoms with Crippen molar-refractivity contribution in [1.29, 1.82) is 0 Å². The molecule has 0 aromatic rings. The second-order valence-electron chi connectivity index (χ2n) is 3.20. The summed E-state index contributed by atoms with van der Waals surface area (Å²) < 4.78 is 0. The second-order valence-corrected chi connectivity index (χ2v) is 3.20. The average Bonchev–Trinajstić information content (AvgIpc) is 1.96. The molecule has 0 amide bonds. The molecule has 0 heterocycles. The van der Waals surface area contributed by atoms with Gasteiger partial charge in [-0.15, -0.1) is 0 Å². The van der Waals surface area contributed by atoms with E-state index in [2.05, 4.69) is 19.9 Å². The van der Waals surface area contributed by atoms with E-state index in [1.807, 2.05) is 6.08 Å². The highest BCUT2D eigenvalue weighted by Gasteiger charge is 1.90. The van der Waals surface area contributed by atoms with Gasteiger partial charge in [0.2, 0.25) is 0 Å². The van der Waals surface area contributed by atoms with Crippen LogP contribution in [0.4, 0.5) is 0 Å². The molecule has 0 aliphatic rings.